The smallest absolute Gasteiger partial charge is 0.271 e. The third-order valence-corrected chi connectivity index (χ3v) is 18.8. The summed E-state index contributed by atoms with van der Waals surface area (Å²) in [7, 11) is 3.39. The molecule has 0 radical (unpaired) electrons. The predicted molar refractivity (Wildman–Crippen MR) is 312 cm³/mol. The van der Waals surface area contributed by atoms with E-state index < -0.39 is 42.2 Å². The molecule has 0 aromatic heterocycles. The van der Waals surface area contributed by atoms with Crippen molar-refractivity contribution in [2.45, 2.75) is 178 Å². The van der Waals surface area contributed by atoms with Crippen LogP contribution in [-0.2, 0) is 60.7 Å². The molecular weight excluding hydrogens is 1060 g/mol. The minimum Gasteiger partial charge on any atom is -0.381 e. The van der Waals surface area contributed by atoms with Crippen molar-refractivity contribution >= 4 is 47.3 Å². The molecule has 0 unspecified atom stereocenters. The second-order valence-electron chi connectivity index (χ2n) is 24.2. The molecule has 9 rings (SSSR count). The lowest BCUT2D eigenvalue weighted by Gasteiger charge is -2.35. The van der Waals surface area contributed by atoms with Crippen LogP contribution < -0.4 is 31.9 Å². The summed E-state index contributed by atoms with van der Waals surface area (Å²) in [6.07, 6.45) is 12.5. The first kappa shape index (κ1) is 61.3. The lowest BCUT2D eigenvalue weighted by atomic mass is 9.87. The summed E-state index contributed by atoms with van der Waals surface area (Å²) in [6.45, 7) is 5.83. The van der Waals surface area contributed by atoms with Gasteiger partial charge < -0.3 is 61.0 Å². The summed E-state index contributed by atoms with van der Waals surface area (Å²) in [6, 6.07) is 12.6. The van der Waals surface area contributed by atoms with Crippen LogP contribution in [0.2, 0.25) is 0 Å². The van der Waals surface area contributed by atoms with Gasteiger partial charge in [-0.15, -0.1) is 0 Å². The summed E-state index contributed by atoms with van der Waals surface area (Å²) in [5, 5.41) is 18.5. The minimum atomic E-state index is -0.850. The Morgan fingerprint density at radius 3 is 1.72 bits per heavy atom. The molecule has 3 heterocycles. The topological polar surface area (TPSA) is 240 Å². The van der Waals surface area contributed by atoms with E-state index in [1.54, 1.807) is 47.5 Å². The van der Waals surface area contributed by atoms with Crippen LogP contribution in [0, 0.1) is 11.8 Å². The quantitative estimate of drug-likeness (QED) is 0.0728. The van der Waals surface area contributed by atoms with Crippen molar-refractivity contribution in [1.82, 2.24) is 51.5 Å². The van der Waals surface area contributed by atoms with Gasteiger partial charge in [-0.2, -0.15) is 0 Å². The number of hydrogen-bond acceptors (Lipinski definition) is 12. The summed E-state index contributed by atoms with van der Waals surface area (Å²) in [4.78, 5) is 118. The number of carbonyl (C=O) groups is 8. The molecule has 2 saturated carbocycles. The van der Waals surface area contributed by atoms with Crippen LogP contribution in [0.3, 0.4) is 0 Å². The zero-order valence-corrected chi connectivity index (χ0v) is 49.4. The Balaban J connectivity index is 0.754. The SMILES string of the molecule is CN[C@@H](C)C(=O)NC(C(=O)N1C[C@@H](OCCC(=O)N2CCN(C(=O)CCOC[C@H]3C[C@@H](C(=O)N[C@@H]4CCCc5ccccc54)N(C(=O)[C@@H](NC(=O)[C@H](C)NC)C4CCCC4)C3)CC2)C[C@H]1C(=O)N[C@@H]1CCCc2ccccc21)=C1CCCC1. The zero-order chi connectivity index (χ0) is 58.6. The van der Waals surface area contributed by atoms with E-state index in [0.717, 1.165) is 93.7 Å². The van der Waals surface area contributed by atoms with Crippen molar-refractivity contribution in [3.8, 4) is 0 Å². The lowest BCUT2D eigenvalue weighted by Crippen LogP contribution is -2.57. The molecule has 7 aliphatic rings. The van der Waals surface area contributed by atoms with E-state index in [-0.39, 0.29) is 123 Å². The first-order valence-corrected chi connectivity index (χ1v) is 31.0. The van der Waals surface area contributed by atoms with Gasteiger partial charge in [-0.05, 0) is 145 Å². The molecule has 452 valence electrons. The number of likely N-dealkylation sites (tertiary alicyclic amines) is 2. The van der Waals surface area contributed by atoms with E-state index in [2.05, 4.69) is 50.1 Å². The number of aryl methyl sites for hydroxylation is 2. The number of fused-ring (bicyclic) bond motifs is 2. The van der Waals surface area contributed by atoms with Gasteiger partial charge in [0, 0.05) is 51.6 Å². The Labute approximate surface area is 489 Å². The van der Waals surface area contributed by atoms with Gasteiger partial charge in [-0.25, -0.2) is 0 Å². The molecule has 20 nitrogen and oxygen atoms in total. The molecule has 83 heavy (non-hydrogen) atoms. The highest BCUT2D eigenvalue weighted by molar-refractivity contribution is 6.01. The van der Waals surface area contributed by atoms with Gasteiger partial charge in [0.05, 0.1) is 62.9 Å². The van der Waals surface area contributed by atoms with Crippen LogP contribution >= 0.6 is 0 Å². The van der Waals surface area contributed by atoms with Gasteiger partial charge in [0.2, 0.25) is 41.4 Å². The molecular formula is C63H90N10O10. The fourth-order valence-corrected chi connectivity index (χ4v) is 13.6. The number of rotatable bonds is 22. The van der Waals surface area contributed by atoms with Crippen molar-refractivity contribution in [2.75, 3.05) is 73.2 Å². The molecule has 5 fully saturated rings. The highest BCUT2D eigenvalue weighted by atomic mass is 16.5. The van der Waals surface area contributed by atoms with E-state index >= 15 is 0 Å². The molecule has 6 N–H and O–H groups in total. The lowest BCUT2D eigenvalue weighted by molar-refractivity contribution is -0.143. The maximum absolute atomic E-state index is 14.7. The van der Waals surface area contributed by atoms with Gasteiger partial charge in [-0.1, -0.05) is 61.4 Å². The number of carbonyl (C=O) groups excluding carboxylic acids is 8. The number of allylic oxidation sites excluding steroid dienone is 1. The first-order valence-electron chi connectivity index (χ1n) is 31.0. The maximum Gasteiger partial charge on any atom is 0.271 e. The number of ether oxygens (including phenoxy) is 2. The Bertz CT molecular complexity index is 2680. The van der Waals surface area contributed by atoms with E-state index in [9.17, 15) is 38.4 Å². The van der Waals surface area contributed by atoms with Gasteiger partial charge in [-0.3, -0.25) is 38.4 Å². The first-order chi connectivity index (χ1) is 40.2. The summed E-state index contributed by atoms with van der Waals surface area (Å²) >= 11 is 0. The molecule has 3 aliphatic heterocycles. The zero-order valence-electron chi connectivity index (χ0n) is 49.4. The monoisotopic (exact) mass is 1150 g/mol. The number of hydrogen-bond donors (Lipinski definition) is 6. The van der Waals surface area contributed by atoms with Gasteiger partial charge in [0.1, 0.15) is 23.8 Å². The van der Waals surface area contributed by atoms with Crippen LogP contribution in [0.4, 0.5) is 0 Å². The Hall–Kier alpha value is -6.22. The molecule has 3 saturated heterocycles. The molecule has 2 aromatic carbocycles. The third-order valence-electron chi connectivity index (χ3n) is 18.8. The Morgan fingerprint density at radius 1 is 0.602 bits per heavy atom. The minimum absolute atomic E-state index is 0.0243. The second kappa shape index (κ2) is 29.0. The Kier molecular flexibility index (Phi) is 21.5. The largest absolute Gasteiger partial charge is 0.381 e. The van der Waals surface area contributed by atoms with Crippen molar-refractivity contribution < 1.29 is 47.8 Å². The Morgan fingerprint density at radius 2 is 1.14 bits per heavy atom. The van der Waals surface area contributed by atoms with E-state index in [4.69, 9.17) is 9.47 Å². The number of likely N-dealkylation sites (N-methyl/N-ethyl adjacent to an activating group) is 2. The molecule has 20 heteroatoms. The van der Waals surface area contributed by atoms with Crippen LogP contribution in [-0.4, -0.2) is 176 Å². The van der Waals surface area contributed by atoms with Crippen LogP contribution in [0.1, 0.15) is 151 Å². The highest BCUT2D eigenvalue weighted by Gasteiger charge is 2.46. The third kappa shape index (κ3) is 15.2. The average Bonchev–Trinajstić information content (AvgIpc) is 4.58. The fraction of sp³-hybridized carbons (Fsp3) is 0.651. The number of piperazine rings is 1. The molecule has 0 spiro atoms. The molecule has 0 bridgehead atoms. The van der Waals surface area contributed by atoms with Crippen LogP contribution in [0.5, 0.6) is 0 Å². The summed E-state index contributed by atoms with van der Waals surface area (Å²) in [5.41, 5.74) is 5.74. The number of nitrogens with one attached hydrogen (secondary N) is 6. The van der Waals surface area contributed by atoms with Gasteiger partial charge in [0.25, 0.3) is 5.91 Å². The normalized spacial score (nSPS) is 24.6. The van der Waals surface area contributed by atoms with Crippen LogP contribution in [0.15, 0.2) is 59.8 Å². The second-order valence-corrected chi connectivity index (χ2v) is 24.2. The van der Waals surface area contributed by atoms with Crippen LogP contribution in [0.25, 0.3) is 0 Å². The number of benzene rings is 2. The van der Waals surface area contributed by atoms with Gasteiger partial charge in [0.15, 0.2) is 0 Å². The predicted octanol–water partition coefficient (Wildman–Crippen LogP) is 3.88. The fourth-order valence-electron chi connectivity index (χ4n) is 13.6. The van der Waals surface area contributed by atoms with Crippen molar-refractivity contribution in [1.29, 1.82) is 0 Å². The average molecular weight is 1150 g/mol. The maximum atomic E-state index is 14.7. The molecule has 4 aliphatic carbocycles. The van der Waals surface area contributed by atoms with Crippen molar-refractivity contribution in [3.63, 3.8) is 0 Å². The van der Waals surface area contributed by atoms with E-state index in [0.29, 0.717) is 45.4 Å². The number of amides is 8. The van der Waals surface area contributed by atoms with Gasteiger partial charge >= 0.3 is 0 Å². The van der Waals surface area contributed by atoms with E-state index in [1.807, 2.05) is 30.3 Å². The highest BCUT2D eigenvalue weighted by Crippen LogP contribution is 2.36. The molecule has 9 atom stereocenters. The molecule has 8 amide bonds. The van der Waals surface area contributed by atoms with E-state index in [1.165, 1.54) is 11.1 Å². The molecule has 2 aromatic rings. The van der Waals surface area contributed by atoms with Crippen molar-refractivity contribution in [3.05, 3.63) is 82.1 Å². The standard InChI is InChI=1S/C63H90N10O10/c1-40(64-3)58(76)68-56(45-17-5-6-18-45)62(80)72-37-42(35-52(72)60(78)66-50-25-13-21-43-15-9-11-23-48(43)50)39-82-33-27-54(74)70-29-31-71(32-30-70)55(75)28-34-83-47-36-53(61(79)67-51-26-14-22-44-16-10-12-24-49(44)51)73(38-47)63(81)57(46-19-7-8-20-46)69-59(77)41(2)65-4/h9-12,15-16,23-24,40-42,45,47,50-53,56,64-65H,5-8,13-14,17-22,25-39H2,1-4H3,(H,66,78)(H,67,79)(H,68,76)(H,69,77)/t40-,41-,42-,47-,50+,51+,52-,53-,56-/m0/s1. The van der Waals surface area contributed by atoms with Crippen molar-refractivity contribution in [2.24, 2.45) is 11.8 Å². The number of nitrogens with zero attached hydrogens (tertiary/aromatic N) is 4. The summed E-state index contributed by atoms with van der Waals surface area (Å²) < 4.78 is 12.5. The summed E-state index contributed by atoms with van der Waals surface area (Å²) in [5.74, 6) is -2.11.